The lowest BCUT2D eigenvalue weighted by atomic mass is 9.99. The van der Waals surface area contributed by atoms with E-state index < -0.39 is 0 Å². The second kappa shape index (κ2) is 4.97. The topological polar surface area (TPSA) is 32.3 Å². The maximum atomic E-state index is 11.8. The summed E-state index contributed by atoms with van der Waals surface area (Å²) in [5.74, 6) is 0.561. The van der Waals surface area contributed by atoms with Crippen LogP contribution in [0.4, 0.5) is 0 Å². The molecule has 88 valence electrons. The molecule has 3 nitrogen and oxygen atoms in total. The van der Waals surface area contributed by atoms with E-state index in [9.17, 15) is 4.79 Å². The molecule has 0 aromatic carbocycles. The molecular weight excluding hydrogens is 188 g/mol. The van der Waals surface area contributed by atoms with Crippen LogP contribution in [0, 0.1) is 5.92 Å². The Morgan fingerprint density at radius 3 is 2.73 bits per heavy atom. The average Bonchev–Trinajstić information content (AvgIpc) is 2.10. The molecule has 1 aliphatic rings. The molecule has 1 heterocycles. The molecule has 0 radical (unpaired) electrons. The van der Waals surface area contributed by atoms with Crippen LogP contribution in [-0.4, -0.2) is 36.0 Å². The molecule has 0 aliphatic carbocycles. The largest absolute Gasteiger partial charge is 0.341 e. The minimum atomic E-state index is 0.143. The predicted octanol–water partition coefficient (Wildman–Crippen LogP) is 1.63. The molecule has 0 aromatic heterocycles. The Morgan fingerprint density at radius 1 is 1.47 bits per heavy atom. The second-order valence-corrected chi connectivity index (χ2v) is 5.55. The summed E-state index contributed by atoms with van der Waals surface area (Å²) in [6.45, 7) is 11.2. The van der Waals surface area contributed by atoms with E-state index in [4.69, 9.17) is 0 Å². The van der Waals surface area contributed by atoms with Gasteiger partial charge < -0.3 is 10.2 Å². The third-order valence-corrected chi connectivity index (χ3v) is 2.84. The zero-order valence-corrected chi connectivity index (χ0v) is 10.5. The van der Waals surface area contributed by atoms with Crippen molar-refractivity contribution in [1.29, 1.82) is 0 Å². The molecule has 0 aromatic rings. The third-order valence-electron chi connectivity index (χ3n) is 2.84. The van der Waals surface area contributed by atoms with Gasteiger partial charge in [0.1, 0.15) is 0 Å². The monoisotopic (exact) mass is 212 g/mol. The van der Waals surface area contributed by atoms with Gasteiger partial charge in [0.05, 0.1) is 0 Å². The lowest BCUT2D eigenvalue weighted by Gasteiger charge is -2.32. The summed E-state index contributed by atoms with van der Waals surface area (Å²) in [5.41, 5.74) is 0.143. The molecule has 1 aliphatic heterocycles. The number of piperidine rings is 1. The molecule has 0 saturated carbocycles. The van der Waals surface area contributed by atoms with Crippen molar-refractivity contribution in [3.05, 3.63) is 0 Å². The van der Waals surface area contributed by atoms with Gasteiger partial charge in [-0.05, 0) is 33.6 Å². The lowest BCUT2D eigenvalue weighted by Crippen LogP contribution is -2.46. The molecule has 1 atom stereocenters. The van der Waals surface area contributed by atoms with Gasteiger partial charge >= 0.3 is 0 Å². The molecule has 1 unspecified atom stereocenters. The summed E-state index contributed by atoms with van der Waals surface area (Å²) in [6.07, 6.45) is 2.21. The highest BCUT2D eigenvalue weighted by molar-refractivity contribution is 5.79. The van der Waals surface area contributed by atoms with E-state index in [-0.39, 0.29) is 11.5 Å². The van der Waals surface area contributed by atoms with Gasteiger partial charge in [0.15, 0.2) is 0 Å². The third kappa shape index (κ3) is 4.20. The van der Waals surface area contributed by atoms with Crippen molar-refractivity contribution in [3.8, 4) is 0 Å². The van der Waals surface area contributed by atoms with Crippen molar-refractivity contribution < 1.29 is 4.79 Å². The Kier molecular flexibility index (Phi) is 4.14. The number of hydrogen-bond donors (Lipinski definition) is 1. The normalized spacial score (nSPS) is 23.3. The van der Waals surface area contributed by atoms with E-state index in [1.54, 1.807) is 0 Å². The van der Waals surface area contributed by atoms with Gasteiger partial charge in [-0.1, -0.05) is 6.92 Å². The maximum Gasteiger partial charge on any atom is 0.225 e. The fourth-order valence-corrected chi connectivity index (χ4v) is 1.92. The van der Waals surface area contributed by atoms with E-state index in [2.05, 4.69) is 26.1 Å². The smallest absolute Gasteiger partial charge is 0.225 e. The molecule has 3 heteroatoms. The van der Waals surface area contributed by atoms with Crippen LogP contribution in [0.15, 0.2) is 0 Å². The SMILES string of the molecule is CC1CCCN(CCNC(C)(C)C)C1=O. The van der Waals surface area contributed by atoms with E-state index in [0.29, 0.717) is 5.91 Å². The van der Waals surface area contributed by atoms with E-state index >= 15 is 0 Å². The minimum Gasteiger partial charge on any atom is -0.341 e. The van der Waals surface area contributed by atoms with E-state index in [1.165, 1.54) is 0 Å². The zero-order valence-electron chi connectivity index (χ0n) is 10.5. The highest BCUT2D eigenvalue weighted by Gasteiger charge is 2.24. The van der Waals surface area contributed by atoms with Crippen LogP contribution in [0.25, 0.3) is 0 Å². The summed E-state index contributed by atoms with van der Waals surface area (Å²) in [4.78, 5) is 13.8. The summed E-state index contributed by atoms with van der Waals surface area (Å²) in [5, 5.41) is 3.41. The van der Waals surface area contributed by atoms with Crippen LogP contribution in [-0.2, 0) is 4.79 Å². The van der Waals surface area contributed by atoms with Crippen molar-refractivity contribution in [2.45, 2.75) is 46.1 Å². The molecular formula is C12H24N2O. The second-order valence-electron chi connectivity index (χ2n) is 5.55. The van der Waals surface area contributed by atoms with E-state index in [0.717, 1.165) is 32.5 Å². The highest BCUT2D eigenvalue weighted by atomic mass is 16.2. The van der Waals surface area contributed by atoms with Gasteiger partial charge in [0.25, 0.3) is 0 Å². The van der Waals surface area contributed by atoms with Crippen molar-refractivity contribution in [1.82, 2.24) is 10.2 Å². The molecule has 1 rings (SSSR count). The lowest BCUT2D eigenvalue weighted by molar-refractivity contribution is -0.137. The van der Waals surface area contributed by atoms with Crippen LogP contribution in [0.2, 0.25) is 0 Å². The Balaban J connectivity index is 2.29. The number of hydrogen-bond acceptors (Lipinski definition) is 2. The van der Waals surface area contributed by atoms with Crippen LogP contribution < -0.4 is 5.32 Å². The van der Waals surface area contributed by atoms with Crippen molar-refractivity contribution in [3.63, 3.8) is 0 Å². The number of likely N-dealkylation sites (tertiary alicyclic amines) is 1. The van der Waals surface area contributed by atoms with Gasteiger partial charge in [-0.3, -0.25) is 4.79 Å². The van der Waals surface area contributed by atoms with Gasteiger partial charge in [0, 0.05) is 31.1 Å². The average molecular weight is 212 g/mol. The molecule has 1 saturated heterocycles. The van der Waals surface area contributed by atoms with Gasteiger partial charge in [-0.25, -0.2) is 0 Å². The summed E-state index contributed by atoms with van der Waals surface area (Å²) < 4.78 is 0. The predicted molar refractivity (Wildman–Crippen MR) is 62.7 cm³/mol. The summed E-state index contributed by atoms with van der Waals surface area (Å²) in [7, 11) is 0. The number of nitrogens with one attached hydrogen (secondary N) is 1. The number of nitrogens with zero attached hydrogens (tertiary/aromatic N) is 1. The molecule has 15 heavy (non-hydrogen) atoms. The highest BCUT2D eigenvalue weighted by Crippen LogP contribution is 2.16. The van der Waals surface area contributed by atoms with Gasteiger partial charge in [0.2, 0.25) is 5.91 Å². The van der Waals surface area contributed by atoms with Crippen LogP contribution in [0.3, 0.4) is 0 Å². The Bertz CT molecular complexity index is 220. The number of carbonyl (C=O) groups is 1. The zero-order chi connectivity index (χ0) is 11.5. The molecule has 1 fully saturated rings. The van der Waals surface area contributed by atoms with Crippen molar-refractivity contribution in [2.24, 2.45) is 5.92 Å². The number of amides is 1. The first-order valence-corrected chi connectivity index (χ1v) is 5.94. The number of rotatable bonds is 3. The summed E-state index contributed by atoms with van der Waals surface area (Å²) in [6, 6.07) is 0. The first kappa shape index (κ1) is 12.5. The Labute approximate surface area is 93.2 Å². The first-order chi connectivity index (χ1) is 6.90. The van der Waals surface area contributed by atoms with Gasteiger partial charge in [-0.15, -0.1) is 0 Å². The van der Waals surface area contributed by atoms with E-state index in [1.807, 2.05) is 11.8 Å². The maximum absolute atomic E-state index is 11.8. The van der Waals surface area contributed by atoms with Gasteiger partial charge in [-0.2, -0.15) is 0 Å². The van der Waals surface area contributed by atoms with Crippen molar-refractivity contribution in [2.75, 3.05) is 19.6 Å². The summed E-state index contributed by atoms with van der Waals surface area (Å²) >= 11 is 0. The molecule has 0 spiro atoms. The molecule has 1 amide bonds. The standard InChI is InChI=1S/C12H24N2O/c1-10-6-5-8-14(11(10)15)9-7-13-12(2,3)4/h10,13H,5-9H2,1-4H3. The quantitative estimate of drug-likeness (QED) is 0.771. The van der Waals surface area contributed by atoms with Crippen LogP contribution >= 0.6 is 0 Å². The fraction of sp³-hybridized carbons (Fsp3) is 0.917. The van der Waals surface area contributed by atoms with Crippen LogP contribution in [0.1, 0.15) is 40.5 Å². The van der Waals surface area contributed by atoms with Crippen molar-refractivity contribution >= 4 is 5.91 Å². The van der Waals surface area contributed by atoms with Crippen LogP contribution in [0.5, 0.6) is 0 Å². The Hall–Kier alpha value is -0.570. The number of carbonyl (C=O) groups excluding carboxylic acids is 1. The fourth-order valence-electron chi connectivity index (χ4n) is 1.92. The Morgan fingerprint density at radius 2 is 2.13 bits per heavy atom. The minimum absolute atomic E-state index is 0.143. The molecule has 0 bridgehead atoms. The molecule has 1 N–H and O–H groups in total. The first-order valence-electron chi connectivity index (χ1n) is 5.94.